The summed E-state index contributed by atoms with van der Waals surface area (Å²) in [7, 11) is 0. The van der Waals surface area contributed by atoms with E-state index in [0.717, 1.165) is 9.81 Å². The zero-order chi connectivity index (χ0) is 7.72. The topological polar surface area (TPSA) is 17.1 Å². The van der Waals surface area contributed by atoms with Gasteiger partial charge in [-0.25, -0.2) is 0 Å². The fraction of sp³-hybridized carbons (Fsp3) is 0.500. The summed E-state index contributed by atoms with van der Waals surface area (Å²) in [5, 5.41) is -0.220. The summed E-state index contributed by atoms with van der Waals surface area (Å²) < 4.78 is 0.894. The first-order chi connectivity index (χ1) is 4.61. The van der Waals surface area contributed by atoms with Crippen LogP contribution in [0, 0.1) is 11.8 Å². The van der Waals surface area contributed by atoms with Gasteiger partial charge in [-0.05, 0) is 55.8 Å². The summed E-state index contributed by atoms with van der Waals surface area (Å²) in [5.74, 6) is 0.408. The fourth-order valence-corrected chi connectivity index (χ4v) is 1.75. The van der Waals surface area contributed by atoms with Crippen LogP contribution in [0.2, 0.25) is 0 Å². The molecule has 1 rings (SSSR count). The highest BCUT2D eigenvalue weighted by Gasteiger charge is 2.40. The minimum absolute atomic E-state index is 0.0618. The zero-order valence-corrected chi connectivity index (χ0v) is 8.91. The Morgan fingerprint density at radius 3 is 2.50 bits per heavy atom. The Kier molecular flexibility index (Phi) is 2.95. The van der Waals surface area contributed by atoms with E-state index < -0.39 is 0 Å². The first-order valence-electron chi connectivity index (χ1n) is 2.83. The maximum absolute atomic E-state index is 10.5. The number of hydrogen-bond donors (Lipinski definition) is 0. The van der Waals surface area contributed by atoms with Gasteiger partial charge in [0.25, 0.3) is 0 Å². The van der Waals surface area contributed by atoms with Gasteiger partial charge in [0.15, 0.2) is 0 Å². The molecule has 0 amide bonds. The number of rotatable bonds is 2. The molecule has 4 heteroatoms. The van der Waals surface area contributed by atoms with Gasteiger partial charge in [-0.15, -0.1) is 0 Å². The molecule has 1 saturated carbocycles. The molecule has 1 nitrogen and oxygen atoms in total. The lowest BCUT2D eigenvalue weighted by atomic mass is 10.3. The number of hydrogen-bond acceptors (Lipinski definition) is 1. The van der Waals surface area contributed by atoms with Gasteiger partial charge >= 0.3 is 0 Å². The van der Waals surface area contributed by atoms with E-state index in [1.54, 1.807) is 0 Å². The molecule has 0 N–H and O–H groups in total. The molecule has 1 aliphatic carbocycles. The summed E-state index contributed by atoms with van der Waals surface area (Å²) in [4.78, 5) is 10.5. The molecule has 0 aromatic rings. The largest absolute Gasteiger partial charge is 0.281 e. The van der Waals surface area contributed by atoms with Crippen LogP contribution in [0.3, 0.4) is 0 Å². The molecule has 0 spiro atoms. The summed E-state index contributed by atoms with van der Waals surface area (Å²) in [6, 6.07) is 0. The van der Waals surface area contributed by atoms with Gasteiger partial charge in [0.05, 0.1) is 3.39 Å². The third-order valence-corrected chi connectivity index (χ3v) is 2.28. The number of allylic oxidation sites excluding steroid dienone is 1. The van der Waals surface area contributed by atoms with Gasteiger partial charge in [0, 0.05) is 5.92 Å². The van der Waals surface area contributed by atoms with Crippen LogP contribution >= 0.6 is 43.5 Å². The van der Waals surface area contributed by atoms with Crippen LogP contribution in [0.15, 0.2) is 9.47 Å². The van der Waals surface area contributed by atoms with E-state index in [1.807, 2.05) is 6.08 Å². The highest BCUT2D eigenvalue weighted by molar-refractivity contribution is 9.28. The molecule has 0 aromatic heterocycles. The fourth-order valence-electron chi connectivity index (χ4n) is 0.822. The normalized spacial score (nSPS) is 29.5. The van der Waals surface area contributed by atoms with E-state index in [-0.39, 0.29) is 11.2 Å². The van der Waals surface area contributed by atoms with Crippen molar-refractivity contribution in [2.45, 2.75) is 6.42 Å². The quantitative estimate of drug-likeness (QED) is 0.714. The van der Waals surface area contributed by atoms with E-state index >= 15 is 0 Å². The maximum Gasteiger partial charge on any atom is 0.225 e. The molecule has 1 fully saturated rings. The smallest absolute Gasteiger partial charge is 0.225 e. The van der Waals surface area contributed by atoms with Crippen LogP contribution in [0.25, 0.3) is 0 Å². The molecular weight excluding hydrogens is 283 g/mol. The molecule has 2 atom stereocenters. The van der Waals surface area contributed by atoms with Gasteiger partial charge in [-0.3, -0.25) is 4.79 Å². The standard InChI is InChI=1S/C6H5Br2ClO/c7-5(8)2-3-1-4(3)6(9)10/h2-4H,1H2. The van der Waals surface area contributed by atoms with Crippen LogP contribution in [0.1, 0.15) is 6.42 Å². The molecule has 0 aromatic carbocycles. The number of carbonyl (C=O) groups excluding carboxylic acids is 1. The lowest BCUT2D eigenvalue weighted by Gasteiger charge is -1.84. The van der Waals surface area contributed by atoms with Crippen LogP contribution < -0.4 is 0 Å². The highest BCUT2D eigenvalue weighted by atomic mass is 79.9. The van der Waals surface area contributed by atoms with Crippen molar-refractivity contribution < 1.29 is 4.79 Å². The Labute approximate surface area is 81.1 Å². The average molecular weight is 288 g/mol. The van der Waals surface area contributed by atoms with Crippen molar-refractivity contribution in [2.75, 3.05) is 0 Å². The van der Waals surface area contributed by atoms with E-state index in [0.29, 0.717) is 5.92 Å². The Balaban J connectivity index is 2.40. The molecule has 0 aliphatic heterocycles. The molecule has 0 heterocycles. The third kappa shape index (κ3) is 2.36. The van der Waals surface area contributed by atoms with Gasteiger partial charge in [0.2, 0.25) is 5.24 Å². The molecule has 56 valence electrons. The Morgan fingerprint density at radius 2 is 2.20 bits per heavy atom. The van der Waals surface area contributed by atoms with E-state index in [2.05, 4.69) is 31.9 Å². The van der Waals surface area contributed by atoms with Crippen molar-refractivity contribution >= 4 is 48.7 Å². The second-order valence-electron chi connectivity index (χ2n) is 2.27. The predicted molar refractivity (Wildman–Crippen MR) is 48.4 cm³/mol. The van der Waals surface area contributed by atoms with Gasteiger partial charge in [-0.2, -0.15) is 0 Å². The van der Waals surface area contributed by atoms with Crippen LogP contribution in [0.5, 0.6) is 0 Å². The molecule has 1 aliphatic rings. The first-order valence-corrected chi connectivity index (χ1v) is 4.80. The van der Waals surface area contributed by atoms with Crippen LogP contribution in [-0.4, -0.2) is 5.24 Å². The molecule has 2 unspecified atom stereocenters. The molecule has 0 radical (unpaired) electrons. The second-order valence-corrected chi connectivity index (χ2v) is 5.41. The molecule has 0 bridgehead atoms. The molecular formula is C6H5Br2ClO. The van der Waals surface area contributed by atoms with Crippen LogP contribution in [0.4, 0.5) is 0 Å². The van der Waals surface area contributed by atoms with Crippen molar-refractivity contribution in [3.8, 4) is 0 Å². The molecule has 10 heavy (non-hydrogen) atoms. The van der Waals surface area contributed by atoms with E-state index in [9.17, 15) is 4.79 Å². The Bertz CT molecular complexity index is 186. The lowest BCUT2D eigenvalue weighted by molar-refractivity contribution is -0.112. The maximum atomic E-state index is 10.5. The van der Waals surface area contributed by atoms with E-state index in [1.165, 1.54) is 0 Å². The minimum Gasteiger partial charge on any atom is -0.281 e. The van der Waals surface area contributed by atoms with Gasteiger partial charge in [0.1, 0.15) is 0 Å². The van der Waals surface area contributed by atoms with E-state index in [4.69, 9.17) is 11.6 Å². The lowest BCUT2D eigenvalue weighted by Crippen LogP contribution is -1.89. The van der Waals surface area contributed by atoms with Crippen molar-refractivity contribution in [3.63, 3.8) is 0 Å². The first kappa shape index (κ1) is 8.75. The third-order valence-electron chi connectivity index (χ3n) is 1.47. The summed E-state index contributed by atoms with van der Waals surface area (Å²) in [5.41, 5.74) is 0. The zero-order valence-electron chi connectivity index (χ0n) is 4.98. The summed E-state index contributed by atoms with van der Waals surface area (Å²) in [6.07, 6.45) is 2.84. The Morgan fingerprint density at radius 1 is 1.60 bits per heavy atom. The number of carbonyl (C=O) groups is 1. The molecule has 0 saturated heterocycles. The second kappa shape index (κ2) is 3.37. The predicted octanol–water partition coefficient (Wildman–Crippen LogP) is 3.02. The van der Waals surface area contributed by atoms with Crippen molar-refractivity contribution in [3.05, 3.63) is 9.47 Å². The monoisotopic (exact) mass is 286 g/mol. The number of halogens is 3. The summed E-state index contributed by atoms with van der Waals surface area (Å²) in [6.45, 7) is 0. The van der Waals surface area contributed by atoms with Crippen molar-refractivity contribution in [2.24, 2.45) is 11.8 Å². The minimum atomic E-state index is -0.220. The van der Waals surface area contributed by atoms with Crippen molar-refractivity contribution in [1.29, 1.82) is 0 Å². The summed E-state index contributed by atoms with van der Waals surface area (Å²) >= 11 is 11.7. The van der Waals surface area contributed by atoms with Crippen LogP contribution in [-0.2, 0) is 4.79 Å². The van der Waals surface area contributed by atoms with Gasteiger partial charge < -0.3 is 0 Å². The average Bonchev–Trinajstić information content (AvgIpc) is 2.43. The Hall–Kier alpha value is 0.660. The highest BCUT2D eigenvalue weighted by Crippen LogP contribution is 2.43. The van der Waals surface area contributed by atoms with Gasteiger partial charge in [-0.1, -0.05) is 6.08 Å². The van der Waals surface area contributed by atoms with Crippen molar-refractivity contribution in [1.82, 2.24) is 0 Å². The SMILES string of the molecule is O=C(Cl)C1CC1C=C(Br)Br.